The number of nitrogens with one attached hydrogen (secondary N) is 1. The van der Waals surface area contributed by atoms with Gasteiger partial charge in [0.15, 0.2) is 0 Å². The van der Waals surface area contributed by atoms with Gasteiger partial charge in [-0.2, -0.15) is 0 Å². The summed E-state index contributed by atoms with van der Waals surface area (Å²) < 4.78 is 0. The number of benzene rings is 2. The Labute approximate surface area is 140 Å². The first-order valence-electron chi connectivity index (χ1n) is 8.00. The van der Waals surface area contributed by atoms with E-state index in [0.717, 1.165) is 5.69 Å². The molecule has 2 heteroatoms. The third kappa shape index (κ3) is 4.32. The summed E-state index contributed by atoms with van der Waals surface area (Å²) >= 11 is 0. The Morgan fingerprint density at radius 2 is 1.22 bits per heavy atom. The minimum absolute atomic E-state index is 1.06. The van der Waals surface area contributed by atoms with Gasteiger partial charge in [0.1, 0.15) is 0 Å². The molecule has 0 unspecified atom stereocenters. The number of hydrogen-bond donors (Lipinski definition) is 1. The van der Waals surface area contributed by atoms with Gasteiger partial charge in [-0.15, -0.1) is 0 Å². The second-order valence-electron chi connectivity index (χ2n) is 6.30. The molecule has 0 saturated carbocycles. The van der Waals surface area contributed by atoms with Crippen molar-refractivity contribution in [2.75, 3.05) is 5.32 Å². The predicted molar refractivity (Wildman–Crippen MR) is 102 cm³/mol. The molecule has 0 aliphatic heterocycles. The van der Waals surface area contributed by atoms with Crippen LogP contribution in [-0.2, 0) is 0 Å². The highest BCUT2D eigenvalue weighted by molar-refractivity contribution is 5.77. The van der Waals surface area contributed by atoms with Gasteiger partial charge in [-0.25, -0.2) is 0 Å². The summed E-state index contributed by atoms with van der Waals surface area (Å²) in [6.45, 7) is 12.7. The molecule has 120 valence electrons. The zero-order valence-corrected chi connectivity index (χ0v) is 15.0. The van der Waals surface area contributed by atoms with Crippen molar-refractivity contribution in [2.24, 2.45) is 4.99 Å². The number of hydrogen-bond acceptors (Lipinski definition) is 2. The quantitative estimate of drug-likeness (QED) is 0.702. The normalized spacial score (nSPS) is 11.6. The average molecular weight is 306 g/mol. The maximum absolute atomic E-state index is 4.58. The molecule has 2 nitrogen and oxygen atoms in total. The van der Waals surface area contributed by atoms with Crippen LogP contribution in [0, 0.1) is 41.5 Å². The van der Waals surface area contributed by atoms with E-state index in [1.165, 1.54) is 39.1 Å². The van der Waals surface area contributed by atoms with Crippen molar-refractivity contribution in [1.29, 1.82) is 0 Å². The van der Waals surface area contributed by atoms with Crippen LogP contribution in [0.1, 0.15) is 33.4 Å². The molecule has 0 aliphatic rings. The lowest BCUT2D eigenvalue weighted by molar-refractivity contribution is 1.29. The smallest absolute Gasteiger partial charge is 0.0688 e. The molecule has 2 aromatic rings. The lowest BCUT2D eigenvalue weighted by Crippen LogP contribution is -1.95. The molecule has 2 rings (SSSR count). The Hall–Kier alpha value is -2.35. The lowest BCUT2D eigenvalue weighted by Gasteiger charge is -2.10. The van der Waals surface area contributed by atoms with Gasteiger partial charge < -0.3 is 5.32 Å². The third-order valence-corrected chi connectivity index (χ3v) is 3.93. The van der Waals surface area contributed by atoms with Gasteiger partial charge in [-0.3, -0.25) is 4.99 Å². The van der Waals surface area contributed by atoms with Crippen LogP contribution in [0.2, 0.25) is 0 Å². The number of allylic oxidation sites excluding steroid dienone is 1. The number of anilines is 1. The fourth-order valence-corrected chi connectivity index (χ4v) is 3.08. The van der Waals surface area contributed by atoms with E-state index in [9.17, 15) is 0 Å². The van der Waals surface area contributed by atoms with Gasteiger partial charge in [-0.05, 0) is 69.9 Å². The Bertz CT molecular complexity index is 721. The van der Waals surface area contributed by atoms with E-state index in [1.54, 1.807) is 0 Å². The summed E-state index contributed by atoms with van der Waals surface area (Å²) in [4.78, 5) is 4.58. The maximum Gasteiger partial charge on any atom is 0.0688 e. The van der Waals surface area contributed by atoms with Crippen molar-refractivity contribution in [3.8, 4) is 0 Å². The first kappa shape index (κ1) is 17.0. The van der Waals surface area contributed by atoms with Crippen molar-refractivity contribution in [3.05, 3.63) is 69.9 Å². The Kier molecular flexibility index (Phi) is 5.38. The first-order valence-corrected chi connectivity index (χ1v) is 8.00. The molecule has 0 fully saturated rings. The minimum atomic E-state index is 1.06. The van der Waals surface area contributed by atoms with Crippen LogP contribution in [0.25, 0.3) is 0 Å². The molecular weight excluding hydrogens is 280 g/mol. The van der Waals surface area contributed by atoms with Gasteiger partial charge >= 0.3 is 0 Å². The molecule has 0 aliphatic carbocycles. The summed E-state index contributed by atoms with van der Waals surface area (Å²) in [5, 5.41) is 3.36. The van der Waals surface area contributed by atoms with Crippen LogP contribution < -0.4 is 5.32 Å². The molecule has 0 radical (unpaired) electrons. The van der Waals surface area contributed by atoms with E-state index < -0.39 is 0 Å². The Balaban J connectivity index is 2.09. The molecule has 0 atom stereocenters. The minimum Gasteiger partial charge on any atom is -0.361 e. The number of nitrogens with zero attached hydrogens (tertiary/aromatic N) is 1. The number of aliphatic imine (C=N–C) groups is 1. The van der Waals surface area contributed by atoms with Gasteiger partial charge in [-0.1, -0.05) is 35.4 Å². The van der Waals surface area contributed by atoms with Crippen LogP contribution in [0.4, 0.5) is 11.4 Å². The molecule has 23 heavy (non-hydrogen) atoms. The van der Waals surface area contributed by atoms with Gasteiger partial charge in [0, 0.05) is 18.1 Å². The number of rotatable bonds is 4. The van der Waals surface area contributed by atoms with E-state index in [0.29, 0.717) is 0 Å². The molecule has 0 spiro atoms. The first-order chi connectivity index (χ1) is 10.9. The largest absolute Gasteiger partial charge is 0.361 e. The molecule has 0 amide bonds. The second kappa shape index (κ2) is 7.28. The van der Waals surface area contributed by atoms with Crippen LogP contribution in [-0.4, -0.2) is 6.21 Å². The Morgan fingerprint density at radius 3 is 1.74 bits per heavy atom. The second-order valence-corrected chi connectivity index (χ2v) is 6.30. The molecule has 0 saturated heterocycles. The molecule has 0 heterocycles. The van der Waals surface area contributed by atoms with Gasteiger partial charge in [0.2, 0.25) is 0 Å². The molecule has 1 N–H and O–H groups in total. The van der Waals surface area contributed by atoms with Crippen LogP contribution in [0.3, 0.4) is 0 Å². The zero-order valence-electron chi connectivity index (χ0n) is 15.0. The molecular formula is C21H26N2. The average Bonchev–Trinajstić information content (AvgIpc) is 2.42. The maximum atomic E-state index is 4.58. The van der Waals surface area contributed by atoms with Crippen molar-refractivity contribution in [1.82, 2.24) is 0 Å². The van der Waals surface area contributed by atoms with Crippen LogP contribution >= 0.6 is 0 Å². The van der Waals surface area contributed by atoms with E-state index in [1.807, 2.05) is 18.5 Å². The fraction of sp³-hybridized carbons (Fsp3) is 0.286. The molecule has 0 bridgehead atoms. The predicted octanol–water partition coefficient (Wildman–Crippen LogP) is 5.87. The molecule has 0 aromatic heterocycles. The zero-order chi connectivity index (χ0) is 17.0. The Morgan fingerprint density at radius 1 is 0.739 bits per heavy atom. The third-order valence-electron chi connectivity index (χ3n) is 3.93. The number of aryl methyl sites for hydroxylation is 6. The van der Waals surface area contributed by atoms with Crippen LogP contribution in [0.15, 0.2) is 41.5 Å². The summed E-state index contributed by atoms with van der Waals surface area (Å²) in [5.41, 5.74) is 9.74. The van der Waals surface area contributed by atoms with E-state index >= 15 is 0 Å². The SMILES string of the molecule is Cc1cc(C)c(N=C/C=C\Nc2c(C)cc(C)cc2C)c(C)c1. The highest BCUT2D eigenvalue weighted by atomic mass is 14.8. The summed E-state index contributed by atoms with van der Waals surface area (Å²) in [6, 6.07) is 8.72. The van der Waals surface area contributed by atoms with Gasteiger partial charge in [0.05, 0.1) is 5.69 Å². The standard InChI is InChI=1S/C21H26N2/c1-14-10-16(3)20(17(4)11-14)22-8-7-9-23-21-18(5)12-15(2)13-19(21)6/h7-13,22H,1-6H3/b8-7-,23-9?. The summed E-state index contributed by atoms with van der Waals surface area (Å²) in [6.07, 6.45) is 5.72. The van der Waals surface area contributed by atoms with Crippen LogP contribution in [0.5, 0.6) is 0 Å². The van der Waals surface area contributed by atoms with Crippen molar-refractivity contribution >= 4 is 17.6 Å². The summed E-state index contributed by atoms with van der Waals surface area (Å²) in [7, 11) is 0. The molecule has 2 aromatic carbocycles. The highest BCUT2D eigenvalue weighted by Gasteiger charge is 2.02. The van der Waals surface area contributed by atoms with Gasteiger partial charge in [0.25, 0.3) is 0 Å². The van der Waals surface area contributed by atoms with E-state index in [-0.39, 0.29) is 0 Å². The van der Waals surface area contributed by atoms with E-state index in [2.05, 4.69) is 76.1 Å². The monoisotopic (exact) mass is 306 g/mol. The topological polar surface area (TPSA) is 24.4 Å². The fourth-order valence-electron chi connectivity index (χ4n) is 3.08. The van der Waals surface area contributed by atoms with Crippen molar-refractivity contribution in [2.45, 2.75) is 41.5 Å². The highest BCUT2D eigenvalue weighted by Crippen LogP contribution is 2.24. The lowest BCUT2D eigenvalue weighted by atomic mass is 10.1. The van der Waals surface area contributed by atoms with E-state index in [4.69, 9.17) is 0 Å². The summed E-state index contributed by atoms with van der Waals surface area (Å²) in [5.74, 6) is 0. The van der Waals surface area contributed by atoms with Crippen molar-refractivity contribution in [3.63, 3.8) is 0 Å². The van der Waals surface area contributed by atoms with Crippen molar-refractivity contribution < 1.29 is 0 Å².